The molecular weight excluding hydrogens is 274 g/mol. The van der Waals surface area contributed by atoms with Gasteiger partial charge in [-0.2, -0.15) is 4.98 Å². The Labute approximate surface area is 108 Å². The maximum Gasteiger partial charge on any atom is 0.405 e. The average Bonchev–Trinajstić information content (AvgIpc) is 2.28. The maximum atomic E-state index is 11.5. The van der Waals surface area contributed by atoms with E-state index in [1.165, 1.54) is 0 Å². The normalized spacial score (nSPS) is 10.2. The van der Waals surface area contributed by atoms with Crippen LogP contribution >= 0.6 is 34.8 Å². The summed E-state index contributed by atoms with van der Waals surface area (Å²) in [5.74, 6) is -0.614. The third kappa shape index (κ3) is 2.70. The van der Waals surface area contributed by atoms with Crippen LogP contribution in [0.15, 0.2) is 0 Å². The molecule has 3 N–H and O–H groups in total. The molecule has 1 rings (SSSR count). The molecule has 4 nitrogen and oxygen atoms in total. The Morgan fingerprint density at radius 2 is 2.00 bits per heavy atom. The van der Waals surface area contributed by atoms with Gasteiger partial charge < -0.3 is 10.5 Å². The smallest absolute Gasteiger partial charge is 0.405 e. The number of carbonyl (C=O) groups excluding carboxylic acids is 1. The lowest BCUT2D eigenvalue weighted by Gasteiger charge is -2.03. The Bertz CT molecular complexity index is 424. The third-order valence-electron chi connectivity index (χ3n) is 1.76. The van der Waals surface area contributed by atoms with Gasteiger partial charge in [0.15, 0.2) is 0 Å². The van der Waals surface area contributed by atoms with Gasteiger partial charge in [0, 0.05) is 0 Å². The van der Waals surface area contributed by atoms with Crippen LogP contribution < -0.4 is 10.7 Å². The fourth-order valence-electron chi connectivity index (χ4n) is 0.976. The van der Waals surface area contributed by atoms with Crippen molar-refractivity contribution in [2.24, 2.45) is 0 Å². The summed E-state index contributed by atoms with van der Waals surface area (Å²) in [6, 6.07) is 0. The number of pyridine rings is 1. The molecule has 88 valence electrons. The summed E-state index contributed by atoms with van der Waals surface area (Å²) in [5, 5.41) is 0.140. The zero-order valence-corrected chi connectivity index (χ0v) is 10.7. The Kier molecular flexibility index (Phi) is 4.65. The van der Waals surface area contributed by atoms with Crippen LogP contribution in [0.3, 0.4) is 0 Å². The minimum Gasteiger partial charge on any atom is -0.458 e. The SMILES string of the molecule is CCCOC(=O)c1[nH+]c(Cl)c(Cl)c(N)c1Cl. The van der Waals surface area contributed by atoms with E-state index in [-0.39, 0.29) is 26.6 Å². The predicted molar refractivity (Wildman–Crippen MR) is 63.0 cm³/mol. The van der Waals surface area contributed by atoms with Crippen LogP contribution in [0.25, 0.3) is 0 Å². The molecule has 0 saturated heterocycles. The van der Waals surface area contributed by atoms with Crippen LogP contribution in [0.4, 0.5) is 5.69 Å². The quantitative estimate of drug-likeness (QED) is 0.685. The van der Waals surface area contributed by atoms with Gasteiger partial charge in [0.1, 0.15) is 10.0 Å². The molecule has 0 aliphatic carbocycles. The van der Waals surface area contributed by atoms with Crippen molar-refractivity contribution >= 4 is 46.5 Å². The number of H-pyrrole nitrogens is 1. The number of nitrogens with one attached hydrogen (secondary N) is 1. The van der Waals surface area contributed by atoms with Gasteiger partial charge in [0.25, 0.3) is 5.15 Å². The Morgan fingerprint density at radius 3 is 2.56 bits per heavy atom. The molecule has 0 fully saturated rings. The van der Waals surface area contributed by atoms with Gasteiger partial charge >= 0.3 is 11.7 Å². The first-order valence-electron chi connectivity index (χ1n) is 4.51. The van der Waals surface area contributed by atoms with E-state index in [1.54, 1.807) is 0 Å². The zero-order valence-electron chi connectivity index (χ0n) is 8.44. The monoisotopic (exact) mass is 283 g/mol. The first-order valence-corrected chi connectivity index (χ1v) is 5.64. The zero-order chi connectivity index (χ0) is 12.3. The molecule has 16 heavy (non-hydrogen) atoms. The molecule has 0 aliphatic heterocycles. The summed E-state index contributed by atoms with van der Waals surface area (Å²) in [6.07, 6.45) is 0.708. The number of carbonyl (C=O) groups is 1. The van der Waals surface area contributed by atoms with Gasteiger partial charge in [-0.3, -0.25) is 0 Å². The number of nitrogen functional groups attached to an aromatic ring is 1. The third-order valence-corrected chi connectivity index (χ3v) is 2.93. The van der Waals surface area contributed by atoms with Gasteiger partial charge in [-0.1, -0.05) is 30.1 Å². The number of rotatable bonds is 3. The van der Waals surface area contributed by atoms with E-state index < -0.39 is 5.97 Å². The van der Waals surface area contributed by atoms with E-state index in [9.17, 15) is 4.79 Å². The topological polar surface area (TPSA) is 66.5 Å². The van der Waals surface area contributed by atoms with Gasteiger partial charge in [0.05, 0.1) is 12.3 Å². The first kappa shape index (κ1) is 13.4. The molecule has 0 atom stereocenters. The molecule has 0 radical (unpaired) electrons. The molecule has 1 aromatic rings. The van der Waals surface area contributed by atoms with Crippen LogP contribution in [0.5, 0.6) is 0 Å². The predicted octanol–water partition coefficient (Wildman–Crippen LogP) is 2.61. The van der Waals surface area contributed by atoms with Crippen LogP contribution in [0, 0.1) is 0 Å². The minimum atomic E-state index is -0.614. The number of aromatic amines is 1. The highest BCUT2D eigenvalue weighted by Gasteiger charge is 2.26. The fraction of sp³-hybridized carbons (Fsp3) is 0.333. The second kappa shape index (κ2) is 5.57. The summed E-state index contributed by atoms with van der Waals surface area (Å²) >= 11 is 17.3. The van der Waals surface area contributed by atoms with Crippen LogP contribution in [-0.2, 0) is 4.74 Å². The molecule has 0 unspecified atom stereocenters. The van der Waals surface area contributed by atoms with E-state index in [4.69, 9.17) is 45.3 Å². The highest BCUT2D eigenvalue weighted by atomic mass is 35.5. The molecule has 0 aliphatic rings. The number of nitrogens with two attached hydrogens (primary N) is 1. The molecule has 0 aromatic carbocycles. The molecule has 0 saturated carbocycles. The van der Waals surface area contributed by atoms with E-state index in [0.717, 1.165) is 0 Å². The Balaban J connectivity index is 3.10. The van der Waals surface area contributed by atoms with Crippen molar-refractivity contribution < 1.29 is 14.5 Å². The summed E-state index contributed by atoms with van der Waals surface area (Å²) in [4.78, 5) is 14.1. The summed E-state index contributed by atoms with van der Waals surface area (Å²) in [7, 11) is 0. The van der Waals surface area contributed by atoms with Gasteiger partial charge in [0.2, 0.25) is 0 Å². The van der Waals surface area contributed by atoms with Crippen LogP contribution in [0.1, 0.15) is 23.8 Å². The second-order valence-corrected chi connectivity index (χ2v) is 4.13. The summed E-state index contributed by atoms with van der Waals surface area (Å²) in [5.41, 5.74) is 5.63. The van der Waals surface area contributed by atoms with E-state index in [0.29, 0.717) is 13.0 Å². The number of ether oxygens (including phenoxy) is 1. The number of hydrogen-bond acceptors (Lipinski definition) is 3. The van der Waals surface area contributed by atoms with Crippen LogP contribution in [0.2, 0.25) is 15.2 Å². The molecule has 1 heterocycles. The number of esters is 1. The largest absolute Gasteiger partial charge is 0.458 e. The van der Waals surface area contributed by atoms with Crippen molar-refractivity contribution in [3.05, 3.63) is 20.9 Å². The van der Waals surface area contributed by atoms with Crippen molar-refractivity contribution in [3.8, 4) is 0 Å². The number of halogens is 3. The molecule has 0 bridgehead atoms. The Hall–Kier alpha value is -0.710. The molecule has 1 aromatic heterocycles. The standard InChI is InChI=1S/C9H9Cl3N2O2/c1-2-3-16-9(15)7-4(10)6(13)5(11)8(12)14-7/h2-3H2,1H3,(H2,13,14)/p+1. The number of anilines is 1. The van der Waals surface area contributed by atoms with Crippen molar-refractivity contribution in [2.45, 2.75) is 13.3 Å². The minimum absolute atomic E-state index is 0.00187. The molecule has 7 heteroatoms. The van der Waals surface area contributed by atoms with Gasteiger partial charge in [-0.05, 0) is 18.0 Å². The number of hydrogen-bond donors (Lipinski definition) is 1. The van der Waals surface area contributed by atoms with Crippen molar-refractivity contribution in [2.75, 3.05) is 12.3 Å². The first-order chi connectivity index (χ1) is 7.49. The van der Waals surface area contributed by atoms with E-state index >= 15 is 0 Å². The summed E-state index contributed by atoms with van der Waals surface area (Å²) < 4.78 is 4.90. The lowest BCUT2D eigenvalue weighted by molar-refractivity contribution is -0.380. The maximum absolute atomic E-state index is 11.5. The Morgan fingerprint density at radius 1 is 1.38 bits per heavy atom. The van der Waals surface area contributed by atoms with Crippen LogP contribution in [-0.4, -0.2) is 12.6 Å². The molecular formula is C9H10Cl3N2O2+. The molecule has 0 amide bonds. The molecule has 0 spiro atoms. The van der Waals surface area contributed by atoms with Crippen molar-refractivity contribution in [1.29, 1.82) is 0 Å². The van der Waals surface area contributed by atoms with Gasteiger partial charge in [-0.25, -0.2) is 4.79 Å². The van der Waals surface area contributed by atoms with E-state index in [2.05, 4.69) is 4.98 Å². The average molecular weight is 285 g/mol. The van der Waals surface area contributed by atoms with Crippen molar-refractivity contribution in [3.63, 3.8) is 0 Å². The highest BCUT2D eigenvalue weighted by molar-refractivity contribution is 6.45. The van der Waals surface area contributed by atoms with E-state index in [1.807, 2.05) is 6.92 Å². The lowest BCUT2D eigenvalue weighted by atomic mass is 10.3. The van der Waals surface area contributed by atoms with Crippen molar-refractivity contribution in [1.82, 2.24) is 0 Å². The van der Waals surface area contributed by atoms with Gasteiger partial charge in [-0.15, -0.1) is 0 Å². The number of aromatic nitrogens is 1. The lowest BCUT2D eigenvalue weighted by Crippen LogP contribution is -2.22. The second-order valence-electron chi connectivity index (χ2n) is 2.99. The summed E-state index contributed by atoms with van der Waals surface area (Å²) in [6.45, 7) is 2.17. The fourth-order valence-corrected chi connectivity index (χ4v) is 1.58. The highest BCUT2D eigenvalue weighted by Crippen LogP contribution is 2.32.